The van der Waals surface area contributed by atoms with Gasteiger partial charge in [0.2, 0.25) is 0 Å². The normalized spacial score (nSPS) is 21.0. The molecular weight excluding hydrogens is 324 g/mol. The van der Waals surface area contributed by atoms with Gasteiger partial charge in [-0.2, -0.15) is 0 Å². The summed E-state index contributed by atoms with van der Waals surface area (Å²) in [6.45, 7) is 3.08. The molecule has 1 N–H and O–H groups in total. The number of rotatable bonds is 5. The summed E-state index contributed by atoms with van der Waals surface area (Å²) in [6.07, 6.45) is 5.40. The Labute approximate surface area is 135 Å². The standard InChI is InChI=1S/C18H21BrN2/c1-2-13-6-4-8-20-18(13)12-21-17-10-15(11-17)14-5-3-7-16(19)9-14/h3-9,15,17,21H,2,10-12H2,1H3. The van der Waals surface area contributed by atoms with Crippen LogP contribution in [-0.2, 0) is 13.0 Å². The van der Waals surface area contributed by atoms with Gasteiger partial charge in [0.25, 0.3) is 0 Å². The van der Waals surface area contributed by atoms with E-state index < -0.39 is 0 Å². The van der Waals surface area contributed by atoms with Gasteiger partial charge in [0.15, 0.2) is 0 Å². The summed E-state index contributed by atoms with van der Waals surface area (Å²) in [4.78, 5) is 4.50. The van der Waals surface area contributed by atoms with E-state index in [1.165, 1.54) is 34.1 Å². The molecule has 2 aromatic rings. The number of benzene rings is 1. The molecule has 0 aliphatic heterocycles. The van der Waals surface area contributed by atoms with Gasteiger partial charge in [0.05, 0.1) is 5.69 Å². The van der Waals surface area contributed by atoms with Gasteiger partial charge >= 0.3 is 0 Å². The molecule has 3 rings (SSSR count). The van der Waals surface area contributed by atoms with Crippen molar-refractivity contribution in [1.82, 2.24) is 10.3 Å². The summed E-state index contributed by atoms with van der Waals surface area (Å²) in [6, 6.07) is 13.5. The fourth-order valence-corrected chi connectivity index (χ4v) is 3.43. The van der Waals surface area contributed by atoms with Crippen LogP contribution in [0.15, 0.2) is 47.1 Å². The average Bonchev–Trinajstić information content (AvgIpc) is 2.46. The number of pyridine rings is 1. The Balaban J connectivity index is 1.51. The number of halogens is 1. The maximum absolute atomic E-state index is 4.50. The van der Waals surface area contributed by atoms with Gasteiger partial charge in [-0.3, -0.25) is 4.98 Å². The van der Waals surface area contributed by atoms with Crippen molar-refractivity contribution in [2.24, 2.45) is 0 Å². The van der Waals surface area contributed by atoms with Crippen molar-refractivity contribution in [3.05, 3.63) is 63.9 Å². The van der Waals surface area contributed by atoms with Crippen LogP contribution in [0.25, 0.3) is 0 Å². The second-order valence-corrected chi connectivity index (χ2v) is 6.68. The molecule has 0 amide bonds. The van der Waals surface area contributed by atoms with Crippen LogP contribution in [0.1, 0.15) is 42.5 Å². The topological polar surface area (TPSA) is 24.9 Å². The van der Waals surface area contributed by atoms with Gasteiger partial charge in [-0.25, -0.2) is 0 Å². The zero-order chi connectivity index (χ0) is 14.7. The van der Waals surface area contributed by atoms with E-state index in [9.17, 15) is 0 Å². The molecule has 21 heavy (non-hydrogen) atoms. The fourth-order valence-electron chi connectivity index (χ4n) is 3.01. The molecule has 0 radical (unpaired) electrons. The van der Waals surface area contributed by atoms with E-state index in [1.54, 1.807) is 0 Å². The Morgan fingerprint density at radius 1 is 1.24 bits per heavy atom. The summed E-state index contributed by atoms with van der Waals surface area (Å²) in [5, 5.41) is 3.65. The first kappa shape index (κ1) is 14.7. The van der Waals surface area contributed by atoms with E-state index in [4.69, 9.17) is 0 Å². The first-order chi connectivity index (χ1) is 10.3. The molecule has 1 heterocycles. The van der Waals surface area contributed by atoms with Crippen LogP contribution in [0.2, 0.25) is 0 Å². The summed E-state index contributed by atoms with van der Waals surface area (Å²) in [5.74, 6) is 0.703. The maximum Gasteiger partial charge on any atom is 0.0573 e. The first-order valence-electron chi connectivity index (χ1n) is 7.68. The average molecular weight is 345 g/mol. The lowest BCUT2D eigenvalue weighted by Crippen LogP contribution is -2.39. The number of nitrogens with zero attached hydrogens (tertiary/aromatic N) is 1. The number of aryl methyl sites for hydroxylation is 1. The number of hydrogen-bond donors (Lipinski definition) is 1. The summed E-state index contributed by atoms with van der Waals surface area (Å²) in [7, 11) is 0. The molecule has 0 atom stereocenters. The number of hydrogen-bond acceptors (Lipinski definition) is 2. The predicted octanol–water partition coefficient (Wildman–Crippen LogP) is 4.44. The second-order valence-electron chi connectivity index (χ2n) is 5.76. The zero-order valence-electron chi connectivity index (χ0n) is 12.3. The molecule has 110 valence electrons. The molecule has 2 nitrogen and oxygen atoms in total. The third-order valence-electron chi connectivity index (χ3n) is 4.38. The molecule has 0 spiro atoms. The minimum atomic E-state index is 0.626. The molecule has 3 heteroatoms. The quantitative estimate of drug-likeness (QED) is 0.866. The lowest BCUT2D eigenvalue weighted by atomic mass is 9.76. The second kappa shape index (κ2) is 6.71. The van der Waals surface area contributed by atoms with Crippen LogP contribution in [0, 0.1) is 0 Å². The highest BCUT2D eigenvalue weighted by atomic mass is 79.9. The Morgan fingerprint density at radius 3 is 2.86 bits per heavy atom. The lowest BCUT2D eigenvalue weighted by Gasteiger charge is -2.36. The van der Waals surface area contributed by atoms with Crippen LogP contribution in [0.5, 0.6) is 0 Å². The molecule has 0 bridgehead atoms. The van der Waals surface area contributed by atoms with E-state index >= 15 is 0 Å². The molecule has 1 aromatic heterocycles. The van der Waals surface area contributed by atoms with Crippen molar-refractivity contribution in [3.63, 3.8) is 0 Å². The molecule has 1 aliphatic carbocycles. The SMILES string of the molecule is CCc1cccnc1CNC1CC(c2cccc(Br)c2)C1. The van der Waals surface area contributed by atoms with E-state index in [-0.39, 0.29) is 0 Å². The minimum Gasteiger partial charge on any atom is -0.308 e. The van der Waals surface area contributed by atoms with Crippen molar-refractivity contribution in [2.75, 3.05) is 0 Å². The highest BCUT2D eigenvalue weighted by Gasteiger charge is 2.29. The van der Waals surface area contributed by atoms with Gasteiger partial charge in [0.1, 0.15) is 0 Å². The molecule has 0 unspecified atom stereocenters. The van der Waals surface area contributed by atoms with Gasteiger partial charge in [-0.05, 0) is 54.5 Å². The lowest BCUT2D eigenvalue weighted by molar-refractivity contribution is 0.288. The Hall–Kier alpha value is -1.19. The molecule has 1 saturated carbocycles. The van der Waals surface area contributed by atoms with E-state index in [2.05, 4.69) is 63.5 Å². The largest absolute Gasteiger partial charge is 0.308 e. The van der Waals surface area contributed by atoms with Crippen LogP contribution in [-0.4, -0.2) is 11.0 Å². The van der Waals surface area contributed by atoms with Crippen LogP contribution in [0.3, 0.4) is 0 Å². The van der Waals surface area contributed by atoms with Crippen LogP contribution < -0.4 is 5.32 Å². The fraction of sp³-hybridized carbons (Fsp3) is 0.389. The zero-order valence-corrected chi connectivity index (χ0v) is 13.9. The van der Waals surface area contributed by atoms with Crippen molar-refractivity contribution in [1.29, 1.82) is 0 Å². The van der Waals surface area contributed by atoms with Gasteiger partial charge < -0.3 is 5.32 Å². The number of nitrogens with one attached hydrogen (secondary N) is 1. The van der Waals surface area contributed by atoms with E-state index in [1.807, 2.05) is 12.3 Å². The van der Waals surface area contributed by atoms with Crippen LogP contribution in [0.4, 0.5) is 0 Å². The molecule has 1 aliphatic rings. The smallest absolute Gasteiger partial charge is 0.0573 e. The van der Waals surface area contributed by atoms with Gasteiger partial charge in [-0.1, -0.05) is 41.1 Å². The summed E-state index contributed by atoms with van der Waals surface area (Å²) < 4.78 is 1.18. The first-order valence-corrected chi connectivity index (χ1v) is 8.47. The third kappa shape index (κ3) is 3.53. The minimum absolute atomic E-state index is 0.626. The van der Waals surface area contributed by atoms with Crippen LogP contribution >= 0.6 is 15.9 Å². The van der Waals surface area contributed by atoms with Gasteiger partial charge in [-0.15, -0.1) is 0 Å². The molecule has 1 fully saturated rings. The Kier molecular flexibility index (Phi) is 4.71. The summed E-state index contributed by atoms with van der Waals surface area (Å²) >= 11 is 3.55. The van der Waals surface area contributed by atoms with Gasteiger partial charge in [0, 0.05) is 23.3 Å². The van der Waals surface area contributed by atoms with E-state index in [0.717, 1.165) is 13.0 Å². The highest BCUT2D eigenvalue weighted by Crippen LogP contribution is 2.37. The van der Waals surface area contributed by atoms with Crippen molar-refractivity contribution < 1.29 is 0 Å². The predicted molar refractivity (Wildman–Crippen MR) is 90.4 cm³/mol. The summed E-state index contributed by atoms with van der Waals surface area (Å²) in [5.41, 5.74) is 4.01. The monoisotopic (exact) mass is 344 g/mol. The van der Waals surface area contributed by atoms with Crippen molar-refractivity contribution in [2.45, 2.75) is 44.7 Å². The number of aromatic nitrogens is 1. The molecular formula is C18H21BrN2. The Morgan fingerprint density at radius 2 is 2.10 bits per heavy atom. The third-order valence-corrected chi connectivity index (χ3v) is 4.88. The molecule has 0 saturated heterocycles. The van der Waals surface area contributed by atoms with Crippen molar-refractivity contribution in [3.8, 4) is 0 Å². The van der Waals surface area contributed by atoms with E-state index in [0.29, 0.717) is 12.0 Å². The highest BCUT2D eigenvalue weighted by molar-refractivity contribution is 9.10. The molecule has 1 aromatic carbocycles. The maximum atomic E-state index is 4.50. The van der Waals surface area contributed by atoms with Crippen molar-refractivity contribution >= 4 is 15.9 Å². The Bertz CT molecular complexity index is 606.